The zero-order valence-electron chi connectivity index (χ0n) is 18.0. The van der Waals surface area contributed by atoms with Crippen LogP contribution in [-0.2, 0) is 0 Å². The number of halogens is 3. The normalized spacial score (nSPS) is 20.2. The van der Waals surface area contributed by atoms with Crippen molar-refractivity contribution in [3.63, 3.8) is 0 Å². The smallest absolute Gasteiger partial charge is 0.351 e. The van der Waals surface area contributed by atoms with E-state index >= 15 is 0 Å². The summed E-state index contributed by atoms with van der Waals surface area (Å²) in [7, 11) is 0. The molecule has 0 spiro atoms. The van der Waals surface area contributed by atoms with Gasteiger partial charge in [0.15, 0.2) is 0 Å². The van der Waals surface area contributed by atoms with Crippen LogP contribution in [-0.4, -0.2) is 40.6 Å². The van der Waals surface area contributed by atoms with Crippen LogP contribution in [0.3, 0.4) is 0 Å². The first-order chi connectivity index (χ1) is 15.4. The molecule has 7 heteroatoms. The number of carbonyl (C=O) groups excluding carboxylic acids is 1. The second kappa shape index (κ2) is 9.36. The Kier molecular flexibility index (Phi) is 6.55. The van der Waals surface area contributed by atoms with Crippen LogP contribution >= 0.6 is 0 Å². The minimum absolute atomic E-state index is 0.102. The van der Waals surface area contributed by atoms with Gasteiger partial charge in [0.2, 0.25) is 0 Å². The highest BCUT2D eigenvalue weighted by Gasteiger charge is 2.42. The first-order valence-electron chi connectivity index (χ1n) is 11.1. The van der Waals surface area contributed by atoms with Crippen LogP contribution in [0.4, 0.5) is 13.2 Å². The molecular formula is C25H28F3N3O. The Bertz CT molecular complexity index is 1010. The van der Waals surface area contributed by atoms with Gasteiger partial charge in [-0.1, -0.05) is 48.5 Å². The van der Waals surface area contributed by atoms with Gasteiger partial charge in [0.25, 0.3) is 5.91 Å². The molecule has 2 aromatic carbocycles. The van der Waals surface area contributed by atoms with E-state index in [4.69, 9.17) is 0 Å². The molecule has 0 unspecified atom stereocenters. The summed E-state index contributed by atoms with van der Waals surface area (Å²) in [5.74, 6) is -0.107. The third kappa shape index (κ3) is 4.83. The molecule has 1 saturated carbocycles. The molecule has 4 rings (SSSR count). The predicted octanol–water partition coefficient (Wildman–Crippen LogP) is 5.83. The average Bonchev–Trinajstić information content (AvgIpc) is 3.22. The van der Waals surface area contributed by atoms with Crippen LogP contribution in [0.5, 0.6) is 0 Å². The number of para-hydroxylation sites is 1. The Hall–Kier alpha value is -2.80. The second-order valence-electron chi connectivity index (χ2n) is 8.43. The molecular weight excluding hydrogens is 415 g/mol. The van der Waals surface area contributed by atoms with Crippen molar-refractivity contribution >= 4 is 16.8 Å². The van der Waals surface area contributed by atoms with E-state index in [0.717, 1.165) is 23.7 Å². The Balaban J connectivity index is 1.49. The summed E-state index contributed by atoms with van der Waals surface area (Å²) in [5.41, 5.74) is 1.62. The van der Waals surface area contributed by atoms with Crippen molar-refractivity contribution in [2.45, 2.75) is 56.9 Å². The summed E-state index contributed by atoms with van der Waals surface area (Å²) in [6, 6.07) is 15.4. The molecule has 32 heavy (non-hydrogen) atoms. The topological polar surface area (TPSA) is 48.1 Å². The van der Waals surface area contributed by atoms with Gasteiger partial charge in [0.1, 0.15) is 11.7 Å². The van der Waals surface area contributed by atoms with Gasteiger partial charge >= 0.3 is 6.18 Å². The van der Waals surface area contributed by atoms with Crippen molar-refractivity contribution in [3.8, 4) is 0 Å². The highest BCUT2D eigenvalue weighted by Crippen LogP contribution is 2.35. The summed E-state index contributed by atoms with van der Waals surface area (Å²) in [6.45, 7) is 2.42. The fraction of sp³-hybridized carbons (Fsp3) is 0.400. The van der Waals surface area contributed by atoms with E-state index in [9.17, 15) is 18.0 Å². The molecule has 3 aromatic rings. The van der Waals surface area contributed by atoms with Gasteiger partial charge in [-0.25, -0.2) is 0 Å². The molecule has 1 aliphatic carbocycles. The Labute approximate surface area is 185 Å². The predicted molar refractivity (Wildman–Crippen MR) is 119 cm³/mol. The fourth-order valence-corrected chi connectivity index (χ4v) is 4.77. The number of fused-ring (bicyclic) bond motifs is 1. The number of nitrogens with zero attached hydrogens (tertiary/aromatic N) is 1. The van der Waals surface area contributed by atoms with Crippen LogP contribution in [0.2, 0.25) is 0 Å². The van der Waals surface area contributed by atoms with Gasteiger partial charge in [-0.3, -0.25) is 10.1 Å². The van der Waals surface area contributed by atoms with E-state index in [1.54, 1.807) is 23.1 Å². The standard InChI is InChI=1S/C25H28F3N3O/c1-2-31(24(32)22-15-18-11-6-7-14-21(18)30-22)20-13-8-12-19(16-20)29-23(25(26,27)28)17-9-4-3-5-10-17/h3-7,9-11,14-15,19-20,23,29-30H,2,8,12-13,16H2,1H3/t19-,20+,23+/m1/s1. The Morgan fingerprint density at radius 2 is 1.84 bits per heavy atom. The van der Waals surface area contributed by atoms with E-state index < -0.39 is 12.2 Å². The Morgan fingerprint density at radius 1 is 1.12 bits per heavy atom. The molecule has 1 heterocycles. The molecule has 2 N–H and O–H groups in total. The number of benzene rings is 2. The van der Waals surface area contributed by atoms with Crippen molar-refractivity contribution < 1.29 is 18.0 Å². The number of H-pyrrole nitrogens is 1. The monoisotopic (exact) mass is 443 g/mol. The molecule has 1 amide bonds. The van der Waals surface area contributed by atoms with Crippen LogP contribution in [0.15, 0.2) is 60.7 Å². The van der Waals surface area contributed by atoms with Gasteiger partial charge in [-0.05, 0) is 50.3 Å². The SMILES string of the molecule is CCN(C(=O)c1cc2ccccc2[nH]1)[C@H]1CCC[C@@H](N[C@@H](c2ccccc2)C(F)(F)F)C1. The Morgan fingerprint density at radius 3 is 2.53 bits per heavy atom. The van der Waals surface area contributed by atoms with Crippen molar-refractivity contribution in [1.29, 1.82) is 0 Å². The van der Waals surface area contributed by atoms with Gasteiger partial charge in [0.05, 0.1) is 0 Å². The summed E-state index contributed by atoms with van der Waals surface area (Å²) < 4.78 is 41.4. The van der Waals surface area contributed by atoms with Gasteiger partial charge in [-0.2, -0.15) is 13.2 Å². The summed E-state index contributed by atoms with van der Waals surface area (Å²) in [5, 5.41) is 3.81. The average molecular weight is 444 g/mol. The van der Waals surface area contributed by atoms with E-state index in [2.05, 4.69) is 10.3 Å². The minimum Gasteiger partial charge on any atom is -0.351 e. The number of aromatic nitrogens is 1. The molecule has 1 fully saturated rings. The first kappa shape index (κ1) is 22.4. The summed E-state index contributed by atoms with van der Waals surface area (Å²) in [4.78, 5) is 18.2. The number of carbonyl (C=O) groups is 1. The van der Waals surface area contributed by atoms with Gasteiger partial charge in [-0.15, -0.1) is 0 Å². The van der Waals surface area contributed by atoms with Crippen LogP contribution < -0.4 is 5.32 Å². The fourth-order valence-electron chi connectivity index (χ4n) is 4.77. The van der Waals surface area contributed by atoms with Crippen LogP contribution in [0, 0.1) is 0 Å². The molecule has 1 aliphatic rings. The van der Waals surface area contributed by atoms with Crippen molar-refractivity contribution in [2.24, 2.45) is 0 Å². The first-order valence-corrected chi connectivity index (χ1v) is 11.1. The number of aromatic amines is 1. The van der Waals surface area contributed by atoms with Crippen molar-refractivity contribution in [2.75, 3.05) is 6.54 Å². The minimum atomic E-state index is -4.39. The highest BCUT2D eigenvalue weighted by atomic mass is 19.4. The third-order valence-electron chi connectivity index (χ3n) is 6.31. The molecule has 1 aromatic heterocycles. The van der Waals surface area contributed by atoms with Gasteiger partial charge < -0.3 is 9.88 Å². The molecule has 3 atom stereocenters. The number of rotatable bonds is 6. The summed E-state index contributed by atoms with van der Waals surface area (Å²) >= 11 is 0. The molecule has 0 aliphatic heterocycles. The molecule has 0 radical (unpaired) electrons. The van der Waals surface area contributed by atoms with Crippen LogP contribution in [0.1, 0.15) is 54.7 Å². The quantitative estimate of drug-likeness (QED) is 0.503. The second-order valence-corrected chi connectivity index (χ2v) is 8.43. The zero-order valence-corrected chi connectivity index (χ0v) is 18.0. The third-order valence-corrected chi connectivity index (χ3v) is 6.31. The summed E-state index contributed by atoms with van der Waals surface area (Å²) in [6.07, 6.45) is -1.66. The molecule has 0 saturated heterocycles. The lowest BCUT2D eigenvalue weighted by Crippen LogP contribution is -2.49. The molecule has 4 nitrogen and oxygen atoms in total. The van der Waals surface area contributed by atoms with E-state index in [1.807, 2.05) is 37.3 Å². The molecule has 170 valence electrons. The van der Waals surface area contributed by atoms with Crippen LogP contribution in [0.25, 0.3) is 10.9 Å². The largest absolute Gasteiger partial charge is 0.407 e. The zero-order chi connectivity index (χ0) is 22.7. The number of nitrogens with one attached hydrogen (secondary N) is 2. The highest BCUT2D eigenvalue weighted by molar-refractivity contribution is 5.98. The molecule has 0 bridgehead atoms. The number of hydrogen-bond donors (Lipinski definition) is 2. The maximum atomic E-state index is 13.8. The van der Waals surface area contributed by atoms with E-state index in [0.29, 0.717) is 25.1 Å². The maximum absolute atomic E-state index is 13.8. The van der Waals surface area contributed by atoms with E-state index in [-0.39, 0.29) is 23.6 Å². The maximum Gasteiger partial charge on any atom is 0.407 e. The van der Waals surface area contributed by atoms with Gasteiger partial charge in [0, 0.05) is 29.5 Å². The van der Waals surface area contributed by atoms with E-state index in [1.165, 1.54) is 12.1 Å². The van der Waals surface area contributed by atoms with Crippen molar-refractivity contribution in [3.05, 3.63) is 71.9 Å². The number of alkyl halides is 3. The lowest BCUT2D eigenvalue weighted by molar-refractivity contribution is -0.160. The van der Waals surface area contributed by atoms with Crippen molar-refractivity contribution in [1.82, 2.24) is 15.2 Å². The lowest BCUT2D eigenvalue weighted by Gasteiger charge is -2.39. The lowest BCUT2D eigenvalue weighted by atomic mass is 9.88. The number of amides is 1. The number of hydrogen-bond acceptors (Lipinski definition) is 2.